The van der Waals surface area contributed by atoms with Gasteiger partial charge in [0.05, 0.1) is 11.9 Å². The molecule has 4 rings (SSSR count). The molecule has 1 saturated heterocycles. The fourth-order valence-electron chi connectivity index (χ4n) is 4.89. The first-order valence-corrected chi connectivity index (χ1v) is 11.2. The van der Waals surface area contributed by atoms with Crippen molar-refractivity contribution in [1.29, 1.82) is 0 Å². The zero-order chi connectivity index (χ0) is 17.6. The monoisotopic (exact) mass is 362 g/mol. The van der Waals surface area contributed by atoms with E-state index in [0.717, 1.165) is 30.6 Å². The van der Waals surface area contributed by atoms with Crippen molar-refractivity contribution in [2.45, 2.75) is 51.0 Å². The first kappa shape index (κ1) is 16.9. The van der Waals surface area contributed by atoms with E-state index < -0.39 is 10.0 Å². The molecule has 1 saturated carbocycles. The summed E-state index contributed by atoms with van der Waals surface area (Å²) in [6.07, 6.45) is 9.16. The molecule has 0 radical (unpaired) electrons. The number of anilines is 1. The van der Waals surface area contributed by atoms with Gasteiger partial charge in [0.1, 0.15) is 0 Å². The lowest BCUT2D eigenvalue weighted by atomic mass is 9.78. The summed E-state index contributed by atoms with van der Waals surface area (Å²) in [5.41, 5.74) is 2.40. The van der Waals surface area contributed by atoms with E-state index in [9.17, 15) is 13.2 Å². The highest BCUT2D eigenvalue weighted by atomic mass is 32.2. The second kappa shape index (κ2) is 6.31. The molecule has 0 spiro atoms. The van der Waals surface area contributed by atoms with Gasteiger partial charge in [0.2, 0.25) is 10.0 Å². The van der Waals surface area contributed by atoms with Gasteiger partial charge in [-0.2, -0.15) is 0 Å². The summed E-state index contributed by atoms with van der Waals surface area (Å²) >= 11 is 0. The fraction of sp³-hybridized carbons (Fsp3) is 0.632. The van der Waals surface area contributed by atoms with Crippen LogP contribution in [0, 0.1) is 5.92 Å². The van der Waals surface area contributed by atoms with Crippen LogP contribution in [0.4, 0.5) is 5.69 Å². The third-order valence-electron chi connectivity index (χ3n) is 6.08. The maximum atomic E-state index is 13.1. The Morgan fingerprint density at radius 1 is 1.08 bits per heavy atom. The molecule has 0 bridgehead atoms. The average molecular weight is 362 g/mol. The molecule has 0 unspecified atom stereocenters. The molecule has 1 amide bonds. The second-order valence-corrected chi connectivity index (χ2v) is 9.59. The van der Waals surface area contributed by atoms with Gasteiger partial charge in [-0.05, 0) is 61.8 Å². The smallest absolute Gasteiger partial charge is 0.254 e. The SMILES string of the molecule is CS(=O)(=O)N1CCc2cc(C(=O)N3CCC[C@H]4CCCC[C@H]43)ccc21. The number of amides is 1. The third kappa shape index (κ3) is 3.05. The minimum Gasteiger partial charge on any atom is -0.335 e. The van der Waals surface area contributed by atoms with Gasteiger partial charge in [0.25, 0.3) is 5.91 Å². The molecule has 0 aromatic heterocycles. The predicted octanol–water partition coefficient (Wildman–Crippen LogP) is 2.80. The minimum atomic E-state index is -3.25. The summed E-state index contributed by atoms with van der Waals surface area (Å²) in [7, 11) is -3.25. The van der Waals surface area contributed by atoms with E-state index in [4.69, 9.17) is 0 Å². The molecule has 5 nitrogen and oxygen atoms in total. The highest BCUT2D eigenvalue weighted by Crippen LogP contribution is 2.37. The highest BCUT2D eigenvalue weighted by molar-refractivity contribution is 7.92. The van der Waals surface area contributed by atoms with Crippen molar-refractivity contribution in [2.75, 3.05) is 23.7 Å². The van der Waals surface area contributed by atoms with Crippen LogP contribution in [0.15, 0.2) is 18.2 Å². The molecule has 2 fully saturated rings. The van der Waals surface area contributed by atoms with Gasteiger partial charge in [-0.25, -0.2) is 8.42 Å². The van der Waals surface area contributed by atoms with Gasteiger partial charge in [-0.3, -0.25) is 9.10 Å². The van der Waals surface area contributed by atoms with Gasteiger partial charge in [0.15, 0.2) is 0 Å². The number of fused-ring (bicyclic) bond motifs is 2. The van der Waals surface area contributed by atoms with E-state index >= 15 is 0 Å². The van der Waals surface area contributed by atoms with Crippen LogP contribution in [-0.4, -0.2) is 44.6 Å². The lowest BCUT2D eigenvalue weighted by Crippen LogP contribution is -2.49. The third-order valence-corrected chi connectivity index (χ3v) is 7.26. The summed E-state index contributed by atoms with van der Waals surface area (Å²) in [6, 6.07) is 5.92. The molecule has 25 heavy (non-hydrogen) atoms. The zero-order valence-electron chi connectivity index (χ0n) is 14.8. The van der Waals surface area contributed by atoms with E-state index in [1.54, 1.807) is 12.1 Å². The van der Waals surface area contributed by atoms with Crippen LogP contribution in [-0.2, 0) is 16.4 Å². The standard InChI is InChI=1S/C19H26N2O3S/c1-25(23,24)21-12-10-15-13-16(8-9-18(15)21)19(22)20-11-4-6-14-5-2-3-7-17(14)20/h8-9,13-14,17H,2-7,10-12H2,1H3/t14-,17-/m1/s1. The molecule has 0 N–H and O–H groups in total. The molecular formula is C19H26N2O3S. The predicted molar refractivity (Wildman–Crippen MR) is 98.4 cm³/mol. The lowest BCUT2D eigenvalue weighted by Gasteiger charge is -2.44. The second-order valence-electron chi connectivity index (χ2n) is 7.68. The first-order chi connectivity index (χ1) is 11.9. The van der Waals surface area contributed by atoms with Gasteiger partial charge < -0.3 is 4.90 Å². The van der Waals surface area contributed by atoms with E-state index in [1.807, 2.05) is 6.07 Å². The van der Waals surface area contributed by atoms with Crippen molar-refractivity contribution < 1.29 is 13.2 Å². The van der Waals surface area contributed by atoms with E-state index in [0.29, 0.717) is 30.5 Å². The molecule has 6 heteroatoms. The maximum Gasteiger partial charge on any atom is 0.254 e. The molecule has 1 aromatic rings. The lowest BCUT2D eigenvalue weighted by molar-refractivity contribution is 0.0390. The number of rotatable bonds is 2. The summed E-state index contributed by atoms with van der Waals surface area (Å²) in [6.45, 7) is 1.33. The van der Waals surface area contributed by atoms with Crippen LogP contribution < -0.4 is 4.31 Å². The fourth-order valence-corrected chi connectivity index (χ4v) is 5.85. The van der Waals surface area contributed by atoms with Gasteiger partial charge in [-0.1, -0.05) is 12.8 Å². The van der Waals surface area contributed by atoms with Crippen LogP contribution in [0.1, 0.15) is 54.4 Å². The summed E-state index contributed by atoms with van der Waals surface area (Å²) in [5, 5.41) is 0. The van der Waals surface area contributed by atoms with Crippen LogP contribution in [0.2, 0.25) is 0 Å². The van der Waals surface area contributed by atoms with Crippen LogP contribution in [0.3, 0.4) is 0 Å². The van der Waals surface area contributed by atoms with Crippen LogP contribution in [0.5, 0.6) is 0 Å². The summed E-state index contributed by atoms with van der Waals surface area (Å²) in [4.78, 5) is 15.2. The highest BCUT2D eigenvalue weighted by Gasteiger charge is 2.36. The topological polar surface area (TPSA) is 57.7 Å². The Morgan fingerprint density at radius 3 is 2.64 bits per heavy atom. The number of hydrogen-bond acceptors (Lipinski definition) is 3. The normalized spacial score (nSPS) is 26.3. The number of benzene rings is 1. The van der Waals surface area contributed by atoms with E-state index in [2.05, 4.69) is 4.90 Å². The van der Waals surface area contributed by atoms with Gasteiger partial charge >= 0.3 is 0 Å². The van der Waals surface area contributed by atoms with Gasteiger partial charge in [0, 0.05) is 24.7 Å². The quantitative estimate of drug-likeness (QED) is 0.813. The number of hydrogen-bond donors (Lipinski definition) is 0. The molecule has 136 valence electrons. The molecule has 1 aliphatic carbocycles. The largest absolute Gasteiger partial charge is 0.335 e. The zero-order valence-corrected chi connectivity index (χ0v) is 15.6. The van der Waals surface area contributed by atoms with Crippen molar-refractivity contribution in [1.82, 2.24) is 4.90 Å². The Labute approximate surface area is 150 Å². The Hall–Kier alpha value is -1.56. The van der Waals surface area contributed by atoms with Crippen molar-refractivity contribution in [3.8, 4) is 0 Å². The van der Waals surface area contributed by atoms with Crippen LogP contribution in [0.25, 0.3) is 0 Å². The average Bonchev–Trinajstić information content (AvgIpc) is 3.04. The number of sulfonamides is 1. The molecule has 1 aromatic carbocycles. The number of nitrogens with zero attached hydrogens (tertiary/aromatic N) is 2. The van der Waals surface area contributed by atoms with E-state index in [-0.39, 0.29) is 5.91 Å². The molecule has 2 aliphatic heterocycles. The Morgan fingerprint density at radius 2 is 1.84 bits per heavy atom. The maximum absolute atomic E-state index is 13.1. The molecular weight excluding hydrogens is 336 g/mol. The van der Waals surface area contributed by atoms with Gasteiger partial charge in [-0.15, -0.1) is 0 Å². The minimum absolute atomic E-state index is 0.122. The summed E-state index contributed by atoms with van der Waals surface area (Å²) < 4.78 is 25.2. The Balaban J connectivity index is 1.59. The number of carbonyl (C=O) groups excluding carboxylic acids is 1. The number of piperidine rings is 1. The van der Waals surface area contributed by atoms with Crippen molar-refractivity contribution >= 4 is 21.6 Å². The first-order valence-electron chi connectivity index (χ1n) is 9.37. The number of likely N-dealkylation sites (tertiary alicyclic amines) is 1. The van der Waals surface area contributed by atoms with Crippen molar-refractivity contribution in [2.24, 2.45) is 5.92 Å². The Kier molecular flexibility index (Phi) is 4.26. The van der Waals surface area contributed by atoms with Crippen molar-refractivity contribution in [3.05, 3.63) is 29.3 Å². The molecule has 2 atom stereocenters. The molecule has 3 aliphatic rings. The summed E-state index contributed by atoms with van der Waals surface area (Å²) in [5.74, 6) is 0.791. The van der Waals surface area contributed by atoms with E-state index in [1.165, 1.54) is 36.2 Å². The molecule has 2 heterocycles. The van der Waals surface area contributed by atoms with Crippen molar-refractivity contribution in [3.63, 3.8) is 0 Å². The Bertz CT molecular complexity index is 788. The van der Waals surface area contributed by atoms with Crippen LogP contribution >= 0.6 is 0 Å². The number of carbonyl (C=O) groups is 1.